The molecule has 4 heterocycles. The normalized spacial score (nSPS) is 59.4. The minimum atomic E-state index is -1.62. The first-order chi connectivity index (χ1) is 23.8. The highest BCUT2D eigenvalue weighted by Crippen LogP contribution is 2.71. The molecular formula is C38H62O12. The predicted octanol–water partition coefficient (Wildman–Crippen LogP) is 2.08. The van der Waals surface area contributed by atoms with E-state index in [9.17, 15) is 30.6 Å². The van der Waals surface area contributed by atoms with E-state index in [0.717, 1.165) is 38.2 Å². The second-order valence-electron chi connectivity index (χ2n) is 18.3. The van der Waals surface area contributed by atoms with Gasteiger partial charge in [-0.15, -0.1) is 0 Å². The van der Waals surface area contributed by atoms with E-state index in [2.05, 4.69) is 27.7 Å². The SMILES string of the molecule is CC1CCC2(OC1)OC1CC3C4CCC5CC(OC6OCC(OC7OC(CO)C(O)C(O)C7O)C(O)C6O)CCC5(C)C4CCC3(C)C1C2C. The van der Waals surface area contributed by atoms with E-state index in [0.29, 0.717) is 47.0 Å². The summed E-state index contributed by atoms with van der Waals surface area (Å²) in [5, 5.41) is 62.0. The van der Waals surface area contributed by atoms with Crippen LogP contribution in [0.2, 0.25) is 0 Å². The highest BCUT2D eigenvalue weighted by atomic mass is 16.7. The topological polar surface area (TPSA) is 177 Å². The van der Waals surface area contributed by atoms with Crippen LogP contribution in [-0.2, 0) is 28.4 Å². The van der Waals surface area contributed by atoms with Crippen LogP contribution in [0.1, 0.15) is 91.9 Å². The first-order valence-corrected chi connectivity index (χ1v) is 19.7. The van der Waals surface area contributed by atoms with E-state index < -0.39 is 61.9 Å². The van der Waals surface area contributed by atoms with Crippen molar-refractivity contribution in [2.24, 2.45) is 52.3 Å². The Bertz CT molecular complexity index is 1210. The third kappa shape index (κ3) is 5.68. The first kappa shape index (κ1) is 36.5. The van der Waals surface area contributed by atoms with Crippen LogP contribution in [0.5, 0.6) is 0 Å². The molecule has 50 heavy (non-hydrogen) atoms. The third-order valence-electron chi connectivity index (χ3n) is 15.8. The summed E-state index contributed by atoms with van der Waals surface area (Å²) in [5.74, 6) is 3.85. The minimum Gasteiger partial charge on any atom is -0.394 e. The number of hydrogen-bond donors (Lipinski definition) is 6. The Balaban J connectivity index is 0.869. The summed E-state index contributed by atoms with van der Waals surface area (Å²) in [5.41, 5.74) is 0.540. The van der Waals surface area contributed by atoms with E-state index in [1.165, 1.54) is 38.5 Å². The van der Waals surface area contributed by atoms with Crippen LogP contribution < -0.4 is 0 Å². The minimum absolute atomic E-state index is 0.0947. The summed E-state index contributed by atoms with van der Waals surface area (Å²) < 4.78 is 36.9. The van der Waals surface area contributed by atoms with Gasteiger partial charge in [-0.25, -0.2) is 0 Å². The van der Waals surface area contributed by atoms with Crippen molar-refractivity contribution >= 4 is 0 Å². The fourth-order valence-electron chi connectivity index (χ4n) is 12.9. The predicted molar refractivity (Wildman–Crippen MR) is 177 cm³/mol. The number of fused-ring (bicyclic) bond motifs is 7. The van der Waals surface area contributed by atoms with Gasteiger partial charge in [0.1, 0.15) is 42.7 Å². The van der Waals surface area contributed by atoms with Gasteiger partial charge >= 0.3 is 0 Å². The molecule has 0 bridgehead atoms. The summed E-state index contributed by atoms with van der Waals surface area (Å²) in [6, 6.07) is 0. The van der Waals surface area contributed by atoms with Gasteiger partial charge in [-0.1, -0.05) is 27.7 Å². The van der Waals surface area contributed by atoms with Gasteiger partial charge in [0.15, 0.2) is 18.4 Å². The zero-order chi connectivity index (χ0) is 35.3. The van der Waals surface area contributed by atoms with Crippen molar-refractivity contribution in [1.82, 2.24) is 0 Å². The second-order valence-corrected chi connectivity index (χ2v) is 18.3. The van der Waals surface area contributed by atoms with Crippen molar-refractivity contribution in [3.05, 3.63) is 0 Å². The zero-order valence-electron chi connectivity index (χ0n) is 30.2. The summed E-state index contributed by atoms with van der Waals surface area (Å²) in [6.45, 7) is 9.90. The fourth-order valence-corrected chi connectivity index (χ4v) is 12.9. The number of hydrogen-bond acceptors (Lipinski definition) is 12. The number of ether oxygens (including phenoxy) is 6. The summed E-state index contributed by atoms with van der Waals surface area (Å²) in [6.07, 6.45) is -0.870. The van der Waals surface area contributed by atoms with Crippen LogP contribution in [-0.4, -0.2) is 124 Å². The average molecular weight is 711 g/mol. The lowest BCUT2D eigenvalue weighted by molar-refractivity contribution is -0.347. The number of rotatable bonds is 5. The van der Waals surface area contributed by atoms with Crippen molar-refractivity contribution in [2.75, 3.05) is 19.8 Å². The van der Waals surface area contributed by atoms with Gasteiger partial charge in [0.25, 0.3) is 0 Å². The Morgan fingerprint density at radius 1 is 0.720 bits per heavy atom. The lowest BCUT2D eigenvalue weighted by Gasteiger charge is -2.61. The second kappa shape index (κ2) is 13.4. The van der Waals surface area contributed by atoms with Crippen molar-refractivity contribution in [1.29, 1.82) is 0 Å². The molecule has 286 valence electrons. The van der Waals surface area contributed by atoms with Crippen LogP contribution in [0.3, 0.4) is 0 Å². The third-order valence-corrected chi connectivity index (χ3v) is 15.8. The molecule has 8 fully saturated rings. The molecule has 1 spiro atoms. The highest BCUT2D eigenvalue weighted by molar-refractivity contribution is 5.15. The Hall–Kier alpha value is -0.480. The van der Waals surface area contributed by atoms with Gasteiger partial charge < -0.3 is 59.1 Å². The molecule has 4 aliphatic carbocycles. The highest BCUT2D eigenvalue weighted by Gasteiger charge is 2.69. The fraction of sp³-hybridized carbons (Fsp3) is 1.00. The molecule has 0 radical (unpaired) electrons. The Kier molecular flexibility index (Phi) is 9.76. The van der Waals surface area contributed by atoms with Crippen LogP contribution in [0.4, 0.5) is 0 Å². The Labute approximate surface area is 296 Å². The van der Waals surface area contributed by atoms with E-state index in [1.54, 1.807) is 0 Å². The monoisotopic (exact) mass is 710 g/mol. The van der Waals surface area contributed by atoms with Crippen molar-refractivity contribution < 1.29 is 59.1 Å². The molecule has 6 N–H and O–H groups in total. The Morgan fingerprint density at radius 3 is 2.22 bits per heavy atom. The molecule has 4 saturated heterocycles. The lowest BCUT2D eigenvalue weighted by Crippen LogP contribution is -2.62. The van der Waals surface area contributed by atoms with E-state index >= 15 is 0 Å². The largest absolute Gasteiger partial charge is 0.394 e. The van der Waals surface area contributed by atoms with Crippen molar-refractivity contribution in [3.63, 3.8) is 0 Å². The molecule has 4 aliphatic heterocycles. The molecule has 12 heteroatoms. The molecule has 0 amide bonds. The molecule has 0 aromatic rings. The maximum Gasteiger partial charge on any atom is 0.187 e. The maximum atomic E-state index is 11.0. The van der Waals surface area contributed by atoms with Gasteiger partial charge in [-0.3, -0.25) is 0 Å². The van der Waals surface area contributed by atoms with Crippen LogP contribution in [0, 0.1) is 52.3 Å². The molecule has 4 saturated carbocycles. The van der Waals surface area contributed by atoms with Gasteiger partial charge in [0.05, 0.1) is 32.0 Å². The molecule has 0 aromatic carbocycles. The lowest BCUT2D eigenvalue weighted by atomic mass is 9.44. The molecule has 0 aromatic heterocycles. The van der Waals surface area contributed by atoms with Crippen LogP contribution in [0.15, 0.2) is 0 Å². The smallest absolute Gasteiger partial charge is 0.187 e. The summed E-state index contributed by atoms with van der Waals surface area (Å²) >= 11 is 0. The zero-order valence-corrected chi connectivity index (χ0v) is 30.2. The molecule has 12 nitrogen and oxygen atoms in total. The quantitative estimate of drug-likeness (QED) is 0.230. The van der Waals surface area contributed by atoms with Crippen molar-refractivity contribution in [2.45, 2.75) is 165 Å². The molecular weight excluding hydrogens is 648 g/mol. The standard InChI is InChI=1S/C38H62O12/c1-18-7-12-38(46-16-18)19(2)28-25(50-38)14-24-22-6-5-20-13-21(8-10-36(20,3)23(22)9-11-37(24,28)4)47-34-32(43)30(41)27(17-45-34)49-35-33(44)31(42)29(40)26(15-39)48-35/h18-35,39-44H,5-17H2,1-4H3. The number of aliphatic hydroxyl groups excluding tert-OH is 6. The van der Waals surface area contributed by atoms with Gasteiger partial charge in [-0.2, -0.15) is 0 Å². The maximum absolute atomic E-state index is 11.0. The average Bonchev–Trinajstić information content (AvgIpc) is 3.55. The Morgan fingerprint density at radius 2 is 1.48 bits per heavy atom. The van der Waals surface area contributed by atoms with Gasteiger partial charge in [0.2, 0.25) is 0 Å². The van der Waals surface area contributed by atoms with Crippen LogP contribution in [0.25, 0.3) is 0 Å². The summed E-state index contributed by atoms with van der Waals surface area (Å²) in [7, 11) is 0. The van der Waals surface area contributed by atoms with Crippen molar-refractivity contribution in [3.8, 4) is 0 Å². The van der Waals surface area contributed by atoms with E-state index in [1.807, 2.05) is 0 Å². The molecule has 8 rings (SSSR count). The molecule has 8 aliphatic rings. The van der Waals surface area contributed by atoms with Gasteiger partial charge in [-0.05, 0) is 104 Å². The molecule has 21 unspecified atom stereocenters. The number of aliphatic hydroxyl groups is 6. The summed E-state index contributed by atoms with van der Waals surface area (Å²) in [4.78, 5) is 0. The van der Waals surface area contributed by atoms with E-state index in [4.69, 9.17) is 28.4 Å². The van der Waals surface area contributed by atoms with Crippen LogP contribution >= 0.6 is 0 Å². The van der Waals surface area contributed by atoms with E-state index in [-0.39, 0.29) is 23.9 Å². The van der Waals surface area contributed by atoms with Gasteiger partial charge in [0, 0.05) is 12.3 Å². The molecule has 21 atom stereocenters. The first-order valence-electron chi connectivity index (χ1n) is 19.7.